The number of amides is 2. The summed E-state index contributed by atoms with van der Waals surface area (Å²) in [6.45, 7) is 2.94. The molecule has 0 saturated carbocycles. The van der Waals surface area contributed by atoms with Crippen LogP contribution in [0.2, 0.25) is 20.1 Å². The van der Waals surface area contributed by atoms with Gasteiger partial charge in [-0.1, -0.05) is 70.7 Å². The largest absolute Gasteiger partial charge is 0.573 e. The van der Waals surface area contributed by atoms with Crippen molar-refractivity contribution in [2.45, 2.75) is 60.5 Å². The van der Waals surface area contributed by atoms with Crippen LogP contribution in [0.4, 0.5) is 49.6 Å². The van der Waals surface area contributed by atoms with E-state index in [1.807, 2.05) is 0 Å². The molecule has 4 aromatic carbocycles. The molecule has 4 heterocycles. The van der Waals surface area contributed by atoms with E-state index in [0.29, 0.717) is 11.1 Å². The fourth-order valence-corrected chi connectivity index (χ4v) is 10.4. The normalized spacial score (nSPS) is 18.3. The smallest absolute Gasteiger partial charge is 0.406 e. The summed E-state index contributed by atoms with van der Waals surface area (Å²) in [6.07, 6.45) is -7.89. The monoisotopic (exact) mass is 1090 g/mol. The van der Waals surface area contributed by atoms with Crippen molar-refractivity contribution in [3.8, 4) is 11.5 Å². The lowest BCUT2D eigenvalue weighted by Crippen LogP contribution is -2.42. The second-order valence-electron chi connectivity index (χ2n) is 15.3. The number of halogens is 11. The van der Waals surface area contributed by atoms with Gasteiger partial charge < -0.3 is 9.47 Å². The number of nitrogens with zero attached hydrogens (tertiary/aromatic N) is 6. The molecule has 0 spiro atoms. The molecule has 2 aliphatic heterocycles. The van der Waals surface area contributed by atoms with Crippen LogP contribution < -0.4 is 24.4 Å². The molecule has 2 atom stereocenters. The fourth-order valence-electron chi connectivity index (χ4n) is 7.65. The molecule has 0 unspecified atom stereocenters. The summed E-state index contributed by atoms with van der Waals surface area (Å²) in [5.41, 5.74) is -1.79. The third kappa shape index (κ3) is 10.3. The fraction of sp³-hybridized carbons (Fsp3) is 0.200. The lowest BCUT2D eigenvalue weighted by molar-refractivity contribution is -0.275. The number of aromatic nitrogens is 4. The molecule has 2 amide bonds. The Morgan fingerprint density at radius 2 is 0.912 bits per heavy atom. The molecule has 6 aromatic rings. The number of carbonyl (C=O) groups is 2. The molecule has 2 aromatic heterocycles. The third-order valence-corrected chi connectivity index (χ3v) is 13.3. The first-order valence-corrected chi connectivity index (χ1v) is 24.2. The average Bonchev–Trinajstić information content (AvgIpc) is 3.93. The van der Waals surface area contributed by atoms with Gasteiger partial charge in [-0.05, 0) is 85.6 Å². The molecule has 68 heavy (non-hydrogen) atoms. The number of hydrogen-bond donors (Lipinski definition) is 1. The van der Waals surface area contributed by atoms with Crippen LogP contribution in [0.15, 0.2) is 107 Å². The van der Waals surface area contributed by atoms with Crippen molar-refractivity contribution >= 4 is 111 Å². The second-order valence-corrected chi connectivity index (χ2v) is 21.0. The van der Waals surface area contributed by atoms with Gasteiger partial charge in [0.2, 0.25) is 11.9 Å². The van der Waals surface area contributed by atoms with Crippen LogP contribution in [-0.4, -0.2) is 60.5 Å². The molecule has 0 radical (unpaired) electrons. The highest BCUT2D eigenvalue weighted by atomic mass is 35.7. The lowest BCUT2D eigenvalue weighted by Gasteiger charge is -2.26. The topological polar surface area (TPSA) is 189 Å². The molecular formula is C40H28Cl5F6N7O8S2. The predicted octanol–water partition coefficient (Wildman–Crippen LogP) is 10.0. The summed E-state index contributed by atoms with van der Waals surface area (Å²) < 4.78 is 134. The minimum atomic E-state index is -4.86. The van der Waals surface area contributed by atoms with Crippen molar-refractivity contribution in [1.29, 1.82) is 0 Å². The summed E-state index contributed by atoms with van der Waals surface area (Å²) in [6, 6.07) is 18.4. The first-order valence-electron chi connectivity index (χ1n) is 18.8. The summed E-state index contributed by atoms with van der Waals surface area (Å²) >= 11 is 24.3. The molecule has 8 rings (SSSR count). The number of carbonyl (C=O) groups excluding carboxylic acids is 2. The summed E-state index contributed by atoms with van der Waals surface area (Å²) in [4.78, 5) is 37.9. The first-order chi connectivity index (χ1) is 31.4. The Bertz CT molecular complexity index is 2960. The number of hydrogen-bond acceptors (Lipinski definition) is 10. The van der Waals surface area contributed by atoms with Gasteiger partial charge in [-0.2, -0.15) is 0 Å². The van der Waals surface area contributed by atoms with E-state index in [1.54, 1.807) is 0 Å². The zero-order valence-electron chi connectivity index (χ0n) is 34.2. The molecular weight excluding hydrogens is 1060 g/mol. The van der Waals surface area contributed by atoms with Gasteiger partial charge in [-0.3, -0.25) is 18.7 Å². The quantitative estimate of drug-likeness (QED) is 0.102. The summed E-state index contributed by atoms with van der Waals surface area (Å²) in [5.74, 6) is -2.11. The Labute approximate surface area is 405 Å². The Morgan fingerprint density at radius 3 is 1.22 bits per heavy atom. The van der Waals surface area contributed by atoms with E-state index < -0.39 is 76.2 Å². The highest BCUT2D eigenvalue weighted by Crippen LogP contribution is 2.46. The van der Waals surface area contributed by atoms with Crippen molar-refractivity contribution in [3.63, 3.8) is 0 Å². The van der Waals surface area contributed by atoms with Crippen LogP contribution in [0.3, 0.4) is 0 Å². The van der Waals surface area contributed by atoms with Crippen LogP contribution in [0.25, 0.3) is 0 Å². The van der Waals surface area contributed by atoms with E-state index in [2.05, 4.69) is 19.4 Å². The van der Waals surface area contributed by atoms with E-state index in [1.165, 1.54) is 83.6 Å². The number of ether oxygens (including phenoxy) is 2. The van der Waals surface area contributed by atoms with Gasteiger partial charge in [-0.25, -0.2) is 41.7 Å². The predicted molar refractivity (Wildman–Crippen MR) is 237 cm³/mol. The minimum absolute atomic E-state index is 0.0353. The average molecular weight is 1090 g/mol. The maximum atomic E-state index is 13.7. The Hall–Kier alpha value is -5.27. The number of alkyl halides is 6. The lowest BCUT2D eigenvalue weighted by atomic mass is 9.92. The molecule has 0 saturated heterocycles. The molecule has 360 valence electrons. The molecule has 0 bridgehead atoms. The number of fused-ring (bicyclic) bond motifs is 2. The van der Waals surface area contributed by atoms with Gasteiger partial charge in [0.05, 0.1) is 23.8 Å². The number of sulfonamides is 1. The first kappa shape index (κ1) is 50.6. The van der Waals surface area contributed by atoms with Crippen molar-refractivity contribution in [2.24, 2.45) is 5.14 Å². The molecule has 0 aliphatic carbocycles. The number of nitrogens with two attached hydrogens (primary N) is 1. The number of anilines is 4. The van der Waals surface area contributed by atoms with Crippen LogP contribution in [0.5, 0.6) is 11.5 Å². The van der Waals surface area contributed by atoms with Gasteiger partial charge >= 0.3 is 12.7 Å². The van der Waals surface area contributed by atoms with Gasteiger partial charge in [0.15, 0.2) is 10.1 Å². The number of imidazole rings is 2. The van der Waals surface area contributed by atoms with Crippen molar-refractivity contribution in [1.82, 2.24) is 19.1 Å². The summed E-state index contributed by atoms with van der Waals surface area (Å²) in [7, 11) is -3.02. The zero-order chi connectivity index (χ0) is 50.1. The number of rotatable bonds is 10. The van der Waals surface area contributed by atoms with Gasteiger partial charge in [-0.15, -0.1) is 26.3 Å². The minimum Gasteiger partial charge on any atom is -0.406 e. The van der Waals surface area contributed by atoms with E-state index >= 15 is 0 Å². The highest BCUT2D eigenvalue weighted by Gasteiger charge is 2.53. The molecule has 28 heteroatoms. The maximum absolute atomic E-state index is 13.7. The van der Waals surface area contributed by atoms with Crippen molar-refractivity contribution in [3.05, 3.63) is 129 Å². The molecule has 2 N–H and O–H groups in total. The van der Waals surface area contributed by atoms with Crippen molar-refractivity contribution in [2.75, 3.05) is 9.80 Å². The maximum Gasteiger partial charge on any atom is 0.573 e. The third-order valence-electron chi connectivity index (χ3n) is 10.3. The van der Waals surface area contributed by atoms with Gasteiger partial charge in [0, 0.05) is 43.6 Å². The Kier molecular flexibility index (Phi) is 13.3. The van der Waals surface area contributed by atoms with E-state index in [0.717, 1.165) is 46.5 Å². The van der Waals surface area contributed by atoms with E-state index in [-0.39, 0.29) is 56.2 Å². The summed E-state index contributed by atoms with van der Waals surface area (Å²) in [5, 5.41) is 5.45. The Morgan fingerprint density at radius 1 is 0.588 bits per heavy atom. The van der Waals surface area contributed by atoms with Crippen LogP contribution >= 0.6 is 57.1 Å². The standard InChI is InChI=1S/C20H13Cl3F3N3O4S.C20H15Cl2F3N4O4S/c1-19(9-11-2-4-15(5-3-11)33-20(24,25)26)17(30)28(14-7-12(21)6-13(22)8-14)18-27-10-16(29(18)19)34(23,31)32;1-19(9-11-2-4-15(5-3-11)33-20(23,24)25)17(30)28(14-7-12(21)6-13(22)8-14)18-27-10-16(29(18)19)34(26,31)32/h2-8,10H,9H2,1H3;2-8,10H,9H2,1H3,(H2,26,31,32)/t2*19-/m11/s1. The second kappa shape index (κ2) is 17.9. The number of primary sulfonamides is 1. The van der Waals surface area contributed by atoms with Crippen LogP contribution in [0.1, 0.15) is 25.0 Å². The zero-order valence-corrected chi connectivity index (χ0v) is 39.6. The molecule has 2 aliphatic rings. The number of benzene rings is 4. The van der Waals surface area contributed by atoms with Gasteiger partial charge in [0.1, 0.15) is 22.6 Å². The van der Waals surface area contributed by atoms with Crippen LogP contribution in [-0.2, 0) is 52.6 Å². The SMILES string of the molecule is C[C@@]1(Cc2ccc(OC(F)(F)F)cc2)C(=O)N(c2cc(Cl)cc(Cl)c2)c2ncc(S(=O)(=O)Cl)n21.C[C@@]1(Cc2ccc(OC(F)(F)F)cc2)C(=O)N(c2cc(Cl)cc(Cl)c2)c2ncc(S(N)(=O)=O)n21. The van der Waals surface area contributed by atoms with Crippen molar-refractivity contribution < 1.29 is 62.2 Å². The van der Waals surface area contributed by atoms with Crippen LogP contribution in [0, 0.1) is 0 Å². The van der Waals surface area contributed by atoms with Gasteiger partial charge in [0.25, 0.3) is 30.9 Å². The Balaban J connectivity index is 0.000000201. The molecule has 15 nitrogen and oxygen atoms in total. The molecule has 0 fully saturated rings. The van der Waals surface area contributed by atoms with E-state index in [9.17, 15) is 52.8 Å². The highest BCUT2D eigenvalue weighted by molar-refractivity contribution is 8.13. The van der Waals surface area contributed by atoms with E-state index in [4.69, 9.17) is 62.2 Å².